The maximum Gasteiger partial charge on any atom is 0.139 e. The topological polar surface area (TPSA) is 46.6 Å². The van der Waals surface area contributed by atoms with Crippen molar-refractivity contribution < 1.29 is 0 Å². The number of aromatic nitrogens is 2. The molecule has 3 heterocycles. The Bertz CT molecular complexity index is 830. The Labute approximate surface area is 155 Å². The number of likely N-dealkylation sites (tertiary alicyclic amines) is 1. The quantitative estimate of drug-likeness (QED) is 0.780. The molecule has 2 N–H and O–H groups in total. The Hall–Kier alpha value is -1.88. The first-order chi connectivity index (χ1) is 11.8. The second-order valence-corrected chi connectivity index (χ2v) is 6.84. The lowest BCUT2D eigenvalue weighted by Gasteiger charge is -2.16. The van der Waals surface area contributed by atoms with Gasteiger partial charge in [-0.1, -0.05) is 36.4 Å². The predicted molar refractivity (Wildman–Crippen MR) is 104 cm³/mol. The molecule has 1 aliphatic heterocycles. The molecule has 0 amide bonds. The summed E-state index contributed by atoms with van der Waals surface area (Å²) >= 11 is 0. The zero-order chi connectivity index (χ0) is 16.5. The molecular formula is C20H25ClN4. The first-order valence-corrected chi connectivity index (χ1v) is 8.65. The second-order valence-electron chi connectivity index (χ2n) is 6.84. The van der Waals surface area contributed by atoms with E-state index >= 15 is 0 Å². The van der Waals surface area contributed by atoms with E-state index < -0.39 is 0 Å². The van der Waals surface area contributed by atoms with Crippen molar-refractivity contribution in [2.24, 2.45) is 11.7 Å². The molecule has 1 aromatic carbocycles. The monoisotopic (exact) mass is 356 g/mol. The third-order valence-corrected chi connectivity index (χ3v) is 5.24. The van der Waals surface area contributed by atoms with Crippen LogP contribution in [-0.2, 0) is 6.54 Å². The summed E-state index contributed by atoms with van der Waals surface area (Å²) in [5.74, 6) is 1.05. The van der Waals surface area contributed by atoms with Crippen LogP contribution in [0.1, 0.15) is 22.7 Å². The van der Waals surface area contributed by atoms with E-state index in [1.54, 1.807) is 0 Å². The molecule has 0 saturated carbocycles. The van der Waals surface area contributed by atoms with Gasteiger partial charge in [-0.2, -0.15) is 0 Å². The largest absolute Gasteiger partial charge is 0.330 e. The number of hydrogen-bond acceptors (Lipinski definition) is 3. The van der Waals surface area contributed by atoms with Crippen LogP contribution >= 0.6 is 12.4 Å². The van der Waals surface area contributed by atoms with Crippen LogP contribution in [0.15, 0.2) is 54.9 Å². The zero-order valence-corrected chi connectivity index (χ0v) is 15.3. The van der Waals surface area contributed by atoms with Crippen LogP contribution in [0.5, 0.6) is 0 Å². The average molecular weight is 357 g/mol. The maximum atomic E-state index is 6.06. The summed E-state index contributed by atoms with van der Waals surface area (Å²) in [7, 11) is 0. The van der Waals surface area contributed by atoms with Gasteiger partial charge in [-0.15, -0.1) is 12.4 Å². The highest BCUT2D eigenvalue weighted by molar-refractivity contribution is 5.85. The van der Waals surface area contributed by atoms with Crippen molar-refractivity contribution in [2.45, 2.75) is 19.4 Å². The SMILES string of the molecule is Cc1cccn2c(CN3C[C@@H](CN)[C@H](c4ccccc4)C3)cnc12.Cl. The van der Waals surface area contributed by atoms with Crippen molar-refractivity contribution in [3.63, 3.8) is 0 Å². The molecule has 3 aromatic rings. The van der Waals surface area contributed by atoms with Gasteiger partial charge in [0.15, 0.2) is 0 Å². The van der Waals surface area contributed by atoms with Crippen molar-refractivity contribution in [1.82, 2.24) is 14.3 Å². The lowest BCUT2D eigenvalue weighted by molar-refractivity contribution is 0.312. The summed E-state index contributed by atoms with van der Waals surface area (Å²) in [6, 6.07) is 15.0. The van der Waals surface area contributed by atoms with Gasteiger partial charge in [0.05, 0.1) is 11.9 Å². The van der Waals surface area contributed by atoms with Crippen molar-refractivity contribution in [3.8, 4) is 0 Å². The van der Waals surface area contributed by atoms with E-state index in [1.807, 2.05) is 6.20 Å². The van der Waals surface area contributed by atoms with Gasteiger partial charge >= 0.3 is 0 Å². The molecule has 0 radical (unpaired) electrons. The smallest absolute Gasteiger partial charge is 0.139 e. The van der Waals surface area contributed by atoms with Gasteiger partial charge < -0.3 is 10.1 Å². The molecule has 132 valence electrons. The van der Waals surface area contributed by atoms with Crippen LogP contribution in [0, 0.1) is 12.8 Å². The number of benzene rings is 1. The fourth-order valence-corrected chi connectivity index (χ4v) is 3.95. The highest BCUT2D eigenvalue weighted by atomic mass is 35.5. The standard InChI is InChI=1S/C20H24N4.ClH/c1-15-6-5-9-24-18(11-22-20(15)24)13-23-12-17(10-21)19(14-23)16-7-3-2-4-8-16;/h2-9,11,17,19H,10,12-14,21H2,1H3;1H/t17-,19+;/m1./s1. The minimum Gasteiger partial charge on any atom is -0.330 e. The number of pyridine rings is 1. The maximum absolute atomic E-state index is 6.06. The van der Waals surface area contributed by atoms with Crippen molar-refractivity contribution in [3.05, 3.63) is 71.7 Å². The average Bonchev–Trinajstić information content (AvgIpc) is 3.21. The van der Waals surface area contributed by atoms with Crippen LogP contribution in [0.2, 0.25) is 0 Å². The number of imidazole rings is 1. The van der Waals surface area contributed by atoms with E-state index in [2.05, 4.69) is 69.9 Å². The van der Waals surface area contributed by atoms with Crippen LogP contribution in [0.3, 0.4) is 0 Å². The highest BCUT2D eigenvalue weighted by Crippen LogP contribution is 2.32. The number of halogens is 1. The molecule has 0 bridgehead atoms. The first-order valence-electron chi connectivity index (χ1n) is 8.65. The molecule has 1 fully saturated rings. The summed E-state index contributed by atoms with van der Waals surface area (Å²) in [4.78, 5) is 7.10. The Morgan fingerprint density at radius 2 is 1.92 bits per heavy atom. The lowest BCUT2D eigenvalue weighted by Crippen LogP contribution is -2.23. The van der Waals surface area contributed by atoms with E-state index in [9.17, 15) is 0 Å². The van der Waals surface area contributed by atoms with E-state index in [0.29, 0.717) is 11.8 Å². The Kier molecular flexibility index (Phi) is 5.42. The molecule has 1 saturated heterocycles. The molecule has 4 rings (SSSR count). The van der Waals surface area contributed by atoms with Crippen molar-refractivity contribution in [2.75, 3.05) is 19.6 Å². The Morgan fingerprint density at radius 1 is 1.12 bits per heavy atom. The van der Waals surface area contributed by atoms with Gasteiger partial charge in [0.1, 0.15) is 5.65 Å². The van der Waals surface area contributed by atoms with Gasteiger partial charge in [-0.3, -0.25) is 4.90 Å². The number of fused-ring (bicyclic) bond motifs is 1. The molecule has 0 aliphatic carbocycles. The van der Waals surface area contributed by atoms with Gasteiger partial charge in [0, 0.05) is 31.7 Å². The van der Waals surface area contributed by atoms with Crippen molar-refractivity contribution >= 4 is 18.1 Å². The van der Waals surface area contributed by atoms with E-state index in [1.165, 1.54) is 16.8 Å². The minimum atomic E-state index is 0. The van der Waals surface area contributed by atoms with E-state index in [4.69, 9.17) is 5.73 Å². The molecule has 25 heavy (non-hydrogen) atoms. The minimum absolute atomic E-state index is 0. The molecule has 2 aromatic heterocycles. The molecule has 0 unspecified atom stereocenters. The third kappa shape index (κ3) is 3.43. The summed E-state index contributed by atoms with van der Waals surface area (Å²) in [6.07, 6.45) is 4.12. The number of hydrogen-bond donors (Lipinski definition) is 1. The normalized spacial score (nSPS) is 20.7. The third-order valence-electron chi connectivity index (χ3n) is 5.24. The van der Waals surface area contributed by atoms with Crippen LogP contribution in [0.4, 0.5) is 0 Å². The summed E-state index contributed by atoms with van der Waals surface area (Å²) < 4.78 is 2.21. The zero-order valence-electron chi connectivity index (χ0n) is 14.5. The Balaban J connectivity index is 0.00000182. The number of nitrogens with two attached hydrogens (primary N) is 1. The van der Waals surface area contributed by atoms with E-state index in [0.717, 1.165) is 31.8 Å². The van der Waals surface area contributed by atoms with Gasteiger partial charge in [-0.25, -0.2) is 4.98 Å². The number of nitrogens with zero attached hydrogens (tertiary/aromatic N) is 3. The van der Waals surface area contributed by atoms with Gasteiger partial charge in [0.2, 0.25) is 0 Å². The first kappa shape index (κ1) is 17.9. The van der Waals surface area contributed by atoms with Crippen molar-refractivity contribution in [1.29, 1.82) is 0 Å². The lowest BCUT2D eigenvalue weighted by atomic mass is 9.89. The summed E-state index contributed by atoms with van der Waals surface area (Å²) in [5, 5.41) is 0. The molecular weight excluding hydrogens is 332 g/mol. The van der Waals surface area contributed by atoms with Crippen LogP contribution in [0.25, 0.3) is 5.65 Å². The van der Waals surface area contributed by atoms with Crippen LogP contribution < -0.4 is 5.73 Å². The highest BCUT2D eigenvalue weighted by Gasteiger charge is 2.33. The van der Waals surface area contributed by atoms with E-state index in [-0.39, 0.29) is 12.4 Å². The summed E-state index contributed by atoms with van der Waals surface area (Å²) in [6.45, 7) is 5.88. The fraction of sp³-hybridized carbons (Fsp3) is 0.350. The summed E-state index contributed by atoms with van der Waals surface area (Å²) in [5.41, 5.74) is 11.0. The molecule has 4 nitrogen and oxygen atoms in total. The van der Waals surface area contributed by atoms with Gasteiger partial charge in [-0.05, 0) is 36.6 Å². The number of aryl methyl sites for hydroxylation is 1. The molecule has 0 spiro atoms. The molecule has 5 heteroatoms. The molecule has 2 atom stereocenters. The van der Waals surface area contributed by atoms with Gasteiger partial charge in [0.25, 0.3) is 0 Å². The second kappa shape index (κ2) is 7.56. The van der Waals surface area contributed by atoms with Crippen LogP contribution in [-0.4, -0.2) is 33.9 Å². The molecule has 1 aliphatic rings. The number of rotatable bonds is 4. The Morgan fingerprint density at radius 3 is 2.68 bits per heavy atom. The fourth-order valence-electron chi connectivity index (χ4n) is 3.95. The predicted octanol–water partition coefficient (Wildman–Crippen LogP) is 3.24.